The summed E-state index contributed by atoms with van der Waals surface area (Å²) in [5.41, 5.74) is 3.34. The quantitative estimate of drug-likeness (QED) is 0.662. The van der Waals surface area contributed by atoms with Crippen LogP contribution in [-0.2, 0) is 0 Å². The number of benzene rings is 1. The van der Waals surface area contributed by atoms with Gasteiger partial charge >= 0.3 is 5.69 Å². The van der Waals surface area contributed by atoms with Crippen molar-refractivity contribution < 1.29 is 0 Å². The third kappa shape index (κ3) is 3.99. The highest BCUT2D eigenvalue weighted by Crippen LogP contribution is 2.33. The average molecular weight is 259 g/mol. The van der Waals surface area contributed by atoms with Crippen LogP contribution in [0.4, 0.5) is 11.4 Å². The van der Waals surface area contributed by atoms with Crippen LogP contribution in [0.3, 0.4) is 0 Å². The largest absolute Gasteiger partial charge is 0.365 e. The van der Waals surface area contributed by atoms with E-state index >= 15 is 0 Å². The molecule has 0 aromatic heterocycles. The summed E-state index contributed by atoms with van der Waals surface area (Å²) < 4.78 is 0. The molecule has 104 valence electrons. The summed E-state index contributed by atoms with van der Waals surface area (Å²) in [6.45, 7) is 14.4. The smallest absolute Gasteiger partial charge is 0.362 e. The van der Waals surface area contributed by atoms with Gasteiger partial charge in [-0.15, -0.1) is 0 Å². The monoisotopic (exact) mass is 259 g/mol. The molecule has 0 saturated heterocycles. The molecule has 0 amide bonds. The summed E-state index contributed by atoms with van der Waals surface area (Å²) in [5, 5.41) is 0. The highest BCUT2D eigenvalue weighted by Gasteiger charge is 2.19. The van der Waals surface area contributed by atoms with Crippen LogP contribution in [-0.4, -0.2) is 13.1 Å². The predicted molar refractivity (Wildman–Crippen MR) is 85.9 cm³/mol. The molecule has 0 saturated carbocycles. The number of hydrogen-bond donors (Lipinski definition) is 0. The van der Waals surface area contributed by atoms with Crippen LogP contribution in [0.1, 0.15) is 58.4 Å². The maximum absolute atomic E-state index is 5.51. The van der Waals surface area contributed by atoms with Gasteiger partial charge in [0.2, 0.25) is 0 Å². The fourth-order valence-electron chi connectivity index (χ4n) is 2.22. The molecule has 0 aliphatic heterocycles. The molecule has 1 atom stereocenters. The lowest BCUT2D eigenvalue weighted by molar-refractivity contribution is 0.588. The molecule has 1 unspecified atom stereocenters. The third-order valence-corrected chi connectivity index (χ3v) is 3.82. The molecule has 0 bridgehead atoms. The number of rotatable bonds is 6. The van der Waals surface area contributed by atoms with Crippen molar-refractivity contribution in [1.29, 1.82) is 0 Å². The molecular weight excluding hydrogens is 232 g/mol. The lowest BCUT2D eigenvalue weighted by Crippen LogP contribution is -2.28. The first-order chi connectivity index (χ1) is 9.01. The fraction of sp³-hybridized carbons (Fsp3) is 0.588. The zero-order valence-corrected chi connectivity index (χ0v) is 13.0. The van der Waals surface area contributed by atoms with Crippen molar-refractivity contribution in [2.24, 2.45) is 0 Å². The van der Waals surface area contributed by atoms with Gasteiger partial charge in [-0.05, 0) is 35.7 Å². The molecule has 1 rings (SSSR count). The van der Waals surface area contributed by atoms with Crippen LogP contribution in [0.5, 0.6) is 0 Å². The zero-order chi connectivity index (χ0) is 14.4. The Morgan fingerprint density at radius 2 is 1.95 bits per heavy atom. The van der Waals surface area contributed by atoms with Gasteiger partial charge in [0.1, 0.15) is 5.69 Å². The Morgan fingerprint density at radius 3 is 2.47 bits per heavy atom. The van der Waals surface area contributed by atoms with Crippen molar-refractivity contribution in [3.63, 3.8) is 0 Å². The molecule has 0 aliphatic rings. The molecule has 1 aromatic carbocycles. The van der Waals surface area contributed by atoms with E-state index in [2.05, 4.69) is 56.6 Å². The van der Waals surface area contributed by atoms with Crippen molar-refractivity contribution in [2.75, 3.05) is 11.9 Å². The van der Waals surface area contributed by atoms with E-state index in [9.17, 15) is 0 Å². The second-order valence-corrected chi connectivity index (χ2v) is 5.63. The first-order valence-electron chi connectivity index (χ1n) is 7.28. The Kier molecular flexibility index (Phi) is 5.89. The highest BCUT2D eigenvalue weighted by atomic mass is 15.1. The minimum atomic E-state index is 0.503. The standard InChI is InChI=1S/C17H27N2/c1-7-8-9-14(4)19(6)17-12-15(13(2)3)10-11-16(17)18-5/h5,10-14H,7-9H2,1-4,6H3/q+1. The van der Waals surface area contributed by atoms with Crippen LogP contribution in [0.2, 0.25) is 0 Å². The summed E-state index contributed by atoms with van der Waals surface area (Å²) in [6, 6.07) is 6.86. The maximum atomic E-state index is 5.51. The van der Waals surface area contributed by atoms with Crippen molar-refractivity contribution >= 4 is 11.4 Å². The summed E-state index contributed by atoms with van der Waals surface area (Å²) in [4.78, 5) is 6.21. The molecule has 19 heavy (non-hydrogen) atoms. The SMILES string of the molecule is C#[N+]c1ccc(C(C)C)cc1N(C)C(C)CCCC. The van der Waals surface area contributed by atoms with Crippen LogP contribution in [0.15, 0.2) is 18.2 Å². The minimum Gasteiger partial charge on any atom is -0.365 e. The molecule has 0 N–H and O–H groups in total. The topological polar surface area (TPSA) is 7.60 Å². The summed E-state index contributed by atoms with van der Waals surface area (Å²) in [6.07, 6.45) is 3.69. The van der Waals surface area contributed by atoms with Crippen molar-refractivity contribution in [1.82, 2.24) is 0 Å². The van der Waals surface area contributed by atoms with Crippen LogP contribution in [0, 0.1) is 6.57 Å². The van der Waals surface area contributed by atoms with E-state index < -0.39 is 0 Å². The molecule has 0 radical (unpaired) electrons. The van der Waals surface area contributed by atoms with Gasteiger partial charge in [0.15, 0.2) is 0 Å². The van der Waals surface area contributed by atoms with Crippen LogP contribution in [0.25, 0.3) is 4.85 Å². The van der Waals surface area contributed by atoms with Crippen LogP contribution >= 0.6 is 0 Å². The van der Waals surface area contributed by atoms with E-state index in [1.165, 1.54) is 24.8 Å². The van der Waals surface area contributed by atoms with Gasteiger partial charge in [-0.3, -0.25) is 0 Å². The van der Waals surface area contributed by atoms with Crippen LogP contribution < -0.4 is 4.90 Å². The summed E-state index contributed by atoms with van der Waals surface area (Å²) >= 11 is 0. The fourth-order valence-corrected chi connectivity index (χ4v) is 2.22. The first-order valence-corrected chi connectivity index (χ1v) is 7.28. The molecule has 0 heterocycles. The lowest BCUT2D eigenvalue weighted by atomic mass is 10.0. The average Bonchev–Trinajstić information content (AvgIpc) is 2.42. The lowest BCUT2D eigenvalue weighted by Gasteiger charge is -2.26. The Bertz CT molecular complexity index is 443. The van der Waals surface area contributed by atoms with Crippen molar-refractivity contribution in [3.8, 4) is 6.57 Å². The Balaban J connectivity index is 3.02. The van der Waals surface area contributed by atoms with E-state index in [-0.39, 0.29) is 0 Å². The molecule has 2 heteroatoms. The van der Waals surface area contributed by atoms with Gasteiger partial charge < -0.3 is 4.90 Å². The molecule has 1 aromatic rings. The molecule has 2 nitrogen and oxygen atoms in total. The highest BCUT2D eigenvalue weighted by molar-refractivity contribution is 5.72. The van der Waals surface area contributed by atoms with Gasteiger partial charge in [0.05, 0.1) is 0 Å². The van der Waals surface area contributed by atoms with E-state index in [0.717, 1.165) is 11.4 Å². The van der Waals surface area contributed by atoms with E-state index in [0.29, 0.717) is 12.0 Å². The van der Waals surface area contributed by atoms with Crippen molar-refractivity contribution in [2.45, 2.75) is 58.9 Å². The summed E-state index contributed by atoms with van der Waals surface area (Å²) in [5.74, 6) is 0.518. The predicted octanol–water partition coefficient (Wildman–Crippen LogP) is 5.42. The second-order valence-electron chi connectivity index (χ2n) is 5.63. The minimum absolute atomic E-state index is 0.503. The second kappa shape index (κ2) is 7.19. The van der Waals surface area contributed by atoms with Gasteiger partial charge in [-0.1, -0.05) is 39.7 Å². The Hall–Kier alpha value is -1.49. The first kappa shape index (κ1) is 15.6. The van der Waals surface area contributed by atoms with Crippen molar-refractivity contribution in [3.05, 3.63) is 28.6 Å². The maximum Gasteiger partial charge on any atom is 0.362 e. The van der Waals surface area contributed by atoms with E-state index in [1.807, 2.05) is 6.07 Å². The molecule has 0 fully saturated rings. The van der Waals surface area contributed by atoms with Gasteiger partial charge in [0.25, 0.3) is 6.57 Å². The molecule has 0 spiro atoms. The number of hydrogen-bond acceptors (Lipinski definition) is 1. The zero-order valence-electron chi connectivity index (χ0n) is 13.0. The molecular formula is C17H27N2+. The Labute approximate surface area is 118 Å². The number of anilines is 1. The van der Waals surface area contributed by atoms with E-state index in [1.54, 1.807) is 0 Å². The van der Waals surface area contributed by atoms with E-state index in [4.69, 9.17) is 6.57 Å². The normalized spacial score (nSPS) is 12.3. The number of nitrogens with zero attached hydrogens (tertiary/aromatic N) is 2. The third-order valence-electron chi connectivity index (χ3n) is 3.82. The number of unbranched alkanes of at least 4 members (excludes halogenated alkanes) is 1. The van der Waals surface area contributed by atoms with Gasteiger partial charge in [0, 0.05) is 19.2 Å². The van der Waals surface area contributed by atoms with Gasteiger partial charge in [-0.25, -0.2) is 0 Å². The van der Waals surface area contributed by atoms with Gasteiger partial charge in [-0.2, -0.15) is 0 Å². The summed E-state index contributed by atoms with van der Waals surface area (Å²) in [7, 11) is 2.13. The Morgan fingerprint density at radius 1 is 1.26 bits per heavy atom. The molecule has 0 aliphatic carbocycles.